The van der Waals surface area contributed by atoms with Crippen LogP contribution in [-0.2, 0) is 6.42 Å². The lowest BCUT2D eigenvalue weighted by atomic mass is 9.91. The Balaban J connectivity index is 1.77. The minimum absolute atomic E-state index is 0.143. The van der Waals surface area contributed by atoms with E-state index < -0.39 is 0 Å². The van der Waals surface area contributed by atoms with Gasteiger partial charge in [-0.15, -0.1) is 0 Å². The van der Waals surface area contributed by atoms with Gasteiger partial charge in [-0.2, -0.15) is 0 Å². The molecule has 5 N–H and O–H groups in total. The van der Waals surface area contributed by atoms with E-state index in [0.717, 1.165) is 11.1 Å². The maximum atomic E-state index is 12.5. The first-order valence-electron chi connectivity index (χ1n) is 8.25. The van der Waals surface area contributed by atoms with Gasteiger partial charge in [0.1, 0.15) is 0 Å². The maximum absolute atomic E-state index is 12.5. The van der Waals surface area contributed by atoms with Crippen molar-refractivity contribution in [2.45, 2.75) is 12.5 Å². The number of fused-ring (bicyclic) bond motifs is 1. The highest BCUT2D eigenvalue weighted by Gasteiger charge is 2.29. The number of benzene rings is 1. The van der Waals surface area contributed by atoms with Crippen LogP contribution in [0.5, 0.6) is 5.88 Å². The fourth-order valence-electron chi connectivity index (χ4n) is 3.14. The molecule has 1 aliphatic heterocycles. The number of hydrogen-bond donors (Lipinski definition) is 3. The lowest BCUT2D eigenvalue weighted by Crippen LogP contribution is -2.36. The zero-order chi connectivity index (χ0) is 19.0. The Hall–Kier alpha value is -3.75. The molecule has 1 aromatic carbocycles. The zero-order valence-electron chi connectivity index (χ0n) is 14.5. The Bertz CT molecular complexity index is 1040. The fourth-order valence-corrected chi connectivity index (χ4v) is 3.14. The van der Waals surface area contributed by atoms with Crippen LogP contribution in [0, 0.1) is 0 Å². The minimum atomic E-state index is -0.291. The van der Waals surface area contributed by atoms with Crippen molar-refractivity contribution in [3.63, 3.8) is 0 Å². The molecule has 0 unspecified atom stereocenters. The number of carbonyl (C=O) groups excluding carboxylic acids is 1. The molecule has 0 aliphatic carbocycles. The van der Waals surface area contributed by atoms with Gasteiger partial charge in [-0.25, -0.2) is 19.9 Å². The molecule has 3 aromatic rings. The Kier molecular flexibility index (Phi) is 4.03. The molecule has 0 fully saturated rings. The normalized spacial score (nSPS) is 15.7. The second kappa shape index (κ2) is 6.52. The number of methoxy groups -OCH3 is 1. The largest absolute Gasteiger partial charge is 0.478 e. The number of rotatable bonds is 3. The van der Waals surface area contributed by atoms with Gasteiger partial charge in [0.2, 0.25) is 5.95 Å². The Morgan fingerprint density at radius 3 is 2.74 bits per heavy atom. The van der Waals surface area contributed by atoms with Gasteiger partial charge in [0, 0.05) is 18.2 Å². The molecular weight excluding hydrogens is 346 g/mol. The summed E-state index contributed by atoms with van der Waals surface area (Å²) in [6.45, 7) is 0. The molecule has 9 nitrogen and oxygen atoms in total. The fraction of sp³-hybridized carbons (Fsp3) is 0.167. The quantitative estimate of drug-likeness (QED) is 0.629. The van der Waals surface area contributed by atoms with Crippen molar-refractivity contribution in [1.29, 1.82) is 0 Å². The van der Waals surface area contributed by atoms with E-state index >= 15 is 0 Å². The third-order valence-corrected chi connectivity index (χ3v) is 4.41. The second-order valence-corrected chi connectivity index (χ2v) is 6.06. The average Bonchev–Trinajstić information content (AvgIpc) is 2.68. The van der Waals surface area contributed by atoms with Crippen LogP contribution in [0.2, 0.25) is 0 Å². The van der Waals surface area contributed by atoms with Crippen LogP contribution in [-0.4, -0.2) is 33.0 Å². The number of ether oxygens (including phenoxy) is 1. The summed E-state index contributed by atoms with van der Waals surface area (Å²) in [6, 6.07) is 7.34. The Morgan fingerprint density at radius 2 is 1.93 bits per heavy atom. The SMILES string of the molecule is COc1nc(-c2ccccc2[C@H]2Cc3nc(N)ncc3C(=O)N2)cnc1N. The molecule has 0 radical (unpaired) electrons. The number of nitrogen functional groups attached to an aromatic ring is 2. The maximum Gasteiger partial charge on any atom is 0.257 e. The smallest absolute Gasteiger partial charge is 0.257 e. The number of aromatic nitrogens is 4. The predicted octanol–water partition coefficient (Wildman–Crippen LogP) is 1.13. The summed E-state index contributed by atoms with van der Waals surface area (Å²) in [5, 5.41) is 2.99. The molecule has 0 saturated carbocycles. The van der Waals surface area contributed by atoms with Crippen molar-refractivity contribution in [2.24, 2.45) is 0 Å². The first-order valence-corrected chi connectivity index (χ1v) is 8.25. The van der Waals surface area contributed by atoms with E-state index in [1.165, 1.54) is 13.3 Å². The first kappa shape index (κ1) is 16.7. The van der Waals surface area contributed by atoms with Crippen molar-refractivity contribution in [2.75, 3.05) is 18.6 Å². The van der Waals surface area contributed by atoms with Crippen LogP contribution in [0.25, 0.3) is 11.3 Å². The van der Waals surface area contributed by atoms with Crippen LogP contribution in [0.1, 0.15) is 27.7 Å². The standard InChI is InChI=1S/C18H17N7O2/c1-27-17-15(19)21-8-14(24-17)10-5-3-2-4-9(10)12-6-13-11(16(26)23-12)7-22-18(20)25-13/h2-5,7-8,12H,6H2,1H3,(H2,19,21)(H,23,26)(H2,20,22,25)/t12-/m1/s1. The number of hydrogen-bond acceptors (Lipinski definition) is 8. The topological polar surface area (TPSA) is 142 Å². The van der Waals surface area contributed by atoms with Crippen LogP contribution >= 0.6 is 0 Å². The summed E-state index contributed by atoms with van der Waals surface area (Å²) >= 11 is 0. The number of amides is 1. The van der Waals surface area contributed by atoms with E-state index in [1.807, 2.05) is 24.3 Å². The number of nitrogens with zero attached hydrogens (tertiary/aromatic N) is 4. The van der Waals surface area contributed by atoms with Gasteiger partial charge in [0.25, 0.3) is 11.8 Å². The highest BCUT2D eigenvalue weighted by Crippen LogP contribution is 2.32. The highest BCUT2D eigenvalue weighted by atomic mass is 16.5. The van der Waals surface area contributed by atoms with Gasteiger partial charge >= 0.3 is 0 Å². The number of anilines is 2. The number of nitrogens with one attached hydrogen (secondary N) is 1. The number of nitrogens with two attached hydrogens (primary N) is 2. The predicted molar refractivity (Wildman–Crippen MR) is 98.8 cm³/mol. The molecule has 1 atom stereocenters. The van der Waals surface area contributed by atoms with Gasteiger partial charge in [0.15, 0.2) is 5.82 Å². The minimum Gasteiger partial charge on any atom is -0.478 e. The molecule has 1 aliphatic rings. The molecule has 0 spiro atoms. The summed E-state index contributed by atoms with van der Waals surface area (Å²) in [5.41, 5.74) is 14.8. The van der Waals surface area contributed by atoms with E-state index in [9.17, 15) is 4.79 Å². The molecule has 27 heavy (non-hydrogen) atoms. The summed E-state index contributed by atoms with van der Waals surface area (Å²) in [4.78, 5) is 29.2. The Labute approximate surface area is 154 Å². The third-order valence-electron chi connectivity index (χ3n) is 4.41. The summed E-state index contributed by atoms with van der Waals surface area (Å²) in [6.07, 6.45) is 3.52. The summed E-state index contributed by atoms with van der Waals surface area (Å²) in [7, 11) is 1.48. The molecule has 4 rings (SSSR count). The summed E-state index contributed by atoms with van der Waals surface area (Å²) < 4.78 is 5.17. The van der Waals surface area contributed by atoms with E-state index in [1.54, 1.807) is 6.20 Å². The van der Waals surface area contributed by atoms with Crippen LogP contribution in [0.3, 0.4) is 0 Å². The number of carbonyl (C=O) groups is 1. The van der Waals surface area contributed by atoms with Crippen molar-refractivity contribution in [3.8, 4) is 17.1 Å². The van der Waals surface area contributed by atoms with Gasteiger partial charge in [-0.1, -0.05) is 24.3 Å². The monoisotopic (exact) mass is 363 g/mol. The molecule has 0 bridgehead atoms. The molecular formula is C18H17N7O2. The molecule has 2 aromatic heterocycles. The first-order chi connectivity index (χ1) is 13.1. The molecule has 3 heterocycles. The lowest BCUT2D eigenvalue weighted by Gasteiger charge is -2.26. The third kappa shape index (κ3) is 2.99. The van der Waals surface area contributed by atoms with E-state index in [0.29, 0.717) is 23.4 Å². The summed E-state index contributed by atoms with van der Waals surface area (Å²) in [5.74, 6) is 0.369. The molecule has 136 valence electrons. The molecule has 9 heteroatoms. The zero-order valence-corrected chi connectivity index (χ0v) is 14.5. The van der Waals surface area contributed by atoms with Gasteiger partial charge < -0.3 is 21.5 Å². The van der Waals surface area contributed by atoms with Crippen molar-refractivity contribution in [1.82, 2.24) is 25.3 Å². The van der Waals surface area contributed by atoms with Crippen LogP contribution in [0.15, 0.2) is 36.7 Å². The van der Waals surface area contributed by atoms with Crippen molar-refractivity contribution >= 4 is 17.7 Å². The van der Waals surface area contributed by atoms with Crippen molar-refractivity contribution < 1.29 is 9.53 Å². The lowest BCUT2D eigenvalue weighted by molar-refractivity contribution is 0.0923. The van der Waals surface area contributed by atoms with E-state index in [-0.39, 0.29) is 29.6 Å². The van der Waals surface area contributed by atoms with Gasteiger partial charge in [0.05, 0.1) is 36.3 Å². The van der Waals surface area contributed by atoms with Crippen molar-refractivity contribution in [3.05, 3.63) is 53.5 Å². The Morgan fingerprint density at radius 1 is 1.11 bits per heavy atom. The highest BCUT2D eigenvalue weighted by molar-refractivity contribution is 5.96. The molecule has 0 saturated heterocycles. The second-order valence-electron chi connectivity index (χ2n) is 6.06. The van der Waals surface area contributed by atoms with Crippen LogP contribution in [0.4, 0.5) is 11.8 Å². The van der Waals surface area contributed by atoms with Crippen LogP contribution < -0.4 is 21.5 Å². The molecule has 1 amide bonds. The van der Waals surface area contributed by atoms with Gasteiger partial charge in [-0.3, -0.25) is 4.79 Å². The van der Waals surface area contributed by atoms with E-state index in [2.05, 4.69) is 25.3 Å². The average molecular weight is 363 g/mol. The van der Waals surface area contributed by atoms with E-state index in [4.69, 9.17) is 16.2 Å². The van der Waals surface area contributed by atoms with Gasteiger partial charge in [-0.05, 0) is 5.56 Å².